The van der Waals surface area contributed by atoms with E-state index in [1.807, 2.05) is 21.1 Å². The monoisotopic (exact) mass is 538 g/mol. The van der Waals surface area contributed by atoms with Crippen molar-refractivity contribution in [2.45, 2.75) is 110 Å². The van der Waals surface area contributed by atoms with Crippen LogP contribution in [0.3, 0.4) is 0 Å². The fourth-order valence-corrected chi connectivity index (χ4v) is 4.10. The van der Waals surface area contributed by atoms with Gasteiger partial charge in [-0.25, -0.2) is 4.57 Å². The lowest BCUT2D eigenvalue weighted by Crippen LogP contribution is -2.37. The molecule has 0 saturated carbocycles. The summed E-state index contributed by atoms with van der Waals surface area (Å²) >= 11 is 0. The zero-order valence-electron chi connectivity index (χ0n) is 23.5. The number of nitrogens with zero attached hydrogens (tertiary/aromatic N) is 1. The minimum absolute atomic E-state index is 0.0347. The van der Waals surface area contributed by atoms with Gasteiger partial charge in [-0.3, -0.25) is 18.6 Å². The molecule has 0 aromatic rings. The minimum Gasteiger partial charge on any atom is -0.462 e. The molecule has 2 atom stereocenters. The normalized spacial score (nSPS) is 14.3. The van der Waals surface area contributed by atoms with Crippen molar-refractivity contribution < 1.29 is 42.1 Å². The number of likely N-dealkylation sites (N-methyl/N-ethyl adjacent to an activating group) is 1. The first-order chi connectivity index (χ1) is 17.0. The van der Waals surface area contributed by atoms with Crippen molar-refractivity contribution in [1.82, 2.24) is 0 Å². The van der Waals surface area contributed by atoms with Crippen molar-refractivity contribution in [3.05, 3.63) is 0 Å². The van der Waals surface area contributed by atoms with Gasteiger partial charge in [0.15, 0.2) is 6.10 Å². The van der Waals surface area contributed by atoms with E-state index in [1.54, 1.807) is 0 Å². The number of quaternary nitrogens is 1. The van der Waals surface area contributed by atoms with Crippen LogP contribution >= 0.6 is 7.82 Å². The Morgan fingerprint density at radius 3 is 1.78 bits per heavy atom. The molecule has 0 rings (SSSR count). The van der Waals surface area contributed by atoms with Crippen LogP contribution in [0.2, 0.25) is 0 Å². The van der Waals surface area contributed by atoms with E-state index >= 15 is 0 Å². The van der Waals surface area contributed by atoms with Crippen molar-refractivity contribution in [1.29, 1.82) is 0 Å². The molecule has 36 heavy (non-hydrogen) atoms. The predicted octanol–water partition coefficient (Wildman–Crippen LogP) is 5.78. The average molecular weight is 539 g/mol. The molecule has 0 aromatic carbocycles. The van der Waals surface area contributed by atoms with Gasteiger partial charge in [0.1, 0.15) is 19.8 Å². The van der Waals surface area contributed by atoms with Crippen LogP contribution < -0.4 is 0 Å². The number of carbonyl (C=O) groups is 2. The van der Waals surface area contributed by atoms with Gasteiger partial charge >= 0.3 is 19.8 Å². The quantitative estimate of drug-likeness (QED) is 0.0713. The van der Waals surface area contributed by atoms with E-state index in [0.717, 1.165) is 51.4 Å². The first-order valence-electron chi connectivity index (χ1n) is 13.8. The molecule has 10 heteroatoms. The first-order valence-corrected chi connectivity index (χ1v) is 15.3. The Hall–Kier alpha value is -0.990. The minimum atomic E-state index is -4.33. The molecule has 0 heterocycles. The molecule has 0 saturated heterocycles. The van der Waals surface area contributed by atoms with Crippen molar-refractivity contribution >= 4 is 19.8 Å². The lowest BCUT2D eigenvalue weighted by atomic mass is 10.1. The van der Waals surface area contributed by atoms with Gasteiger partial charge in [-0.15, -0.1) is 0 Å². The maximum absolute atomic E-state index is 12.3. The van der Waals surface area contributed by atoms with E-state index in [1.165, 1.54) is 19.3 Å². The smallest absolute Gasteiger partial charge is 0.462 e. The third-order valence-corrected chi connectivity index (χ3v) is 6.62. The highest BCUT2D eigenvalue weighted by molar-refractivity contribution is 7.47. The fourth-order valence-electron chi connectivity index (χ4n) is 3.36. The van der Waals surface area contributed by atoms with Gasteiger partial charge in [0.25, 0.3) is 0 Å². The summed E-state index contributed by atoms with van der Waals surface area (Å²) in [7, 11) is 1.47. The number of carbonyl (C=O) groups excluding carboxylic acids is 2. The van der Waals surface area contributed by atoms with E-state index in [-0.39, 0.29) is 32.0 Å². The molecule has 0 aliphatic rings. The highest BCUT2D eigenvalue weighted by Crippen LogP contribution is 2.43. The summed E-state index contributed by atoms with van der Waals surface area (Å²) in [5.41, 5.74) is 0. The summed E-state index contributed by atoms with van der Waals surface area (Å²) in [5, 5.41) is 0. The van der Waals surface area contributed by atoms with Gasteiger partial charge in [-0.1, -0.05) is 78.1 Å². The van der Waals surface area contributed by atoms with Gasteiger partial charge in [0, 0.05) is 12.8 Å². The highest BCUT2D eigenvalue weighted by Gasteiger charge is 2.27. The van der Waals surface area contributed by atoms with E-state index in [9.17, 15) is 19.0 Å². The van der Waals surface area contributed by atoms with Crippen LogP contribution in [-0.4, -0.2) is 74.9 Å². The lowest BCUT2D eigenvalue weighted by molar-refractivity contribution is -0.870. The molecular weight excluding hydrogens is 485 g/mol. The van der Waals surface area contributed by atoms with Crippen molar-refractivity contribution in [2.75, 3.05) is 47.5 Å². The standard InChI is InChI=1S/C26H52NO8P/c1-6-8-10-12-14-16-18-25(28)32-22-24(35-26(29)19-17-15-13-11-9-7-2)23-34-36(30,31)33-21-20-27(3,4)5/h24H,6-23H2,1-5H3/p+1/t24-/m0/s1. The SMILES string of the molecule is CCCCCCCCC(=O)OC[C@@H](COP(=O)(O)OCC[N+](C)(C)C)OC(=O)CCCCCCCC. The third-order valence-electron chi connectivity index (χ3n) is 5.64. The van der Waals surface area contributed by atoms with Crippen LogP contribution in [0.5, 0.6) is 0 Å². The van der Waals surface area contributed by atoms with Gasteiger partial charge in [0.2, 0.25) is 0 Å². The highest BCUT2D eigenvalue weighted by atomic mass is 31.2. The summed E-state index contributed by atoms with van der Waals surface area (Å²) < 4.78 is 33.6. The second kappa shape index (κ2) is 21.0. The van der Waals surface area contributed by atoms with Gasteiger partial charge in [-0.05, 0) is 12.8 Å². The molecule has 0 fully saturated rings. The number of phosphoric acid groups is 1. The number of hydrogen-bond acceptors (Lipinski definition) is 7. The van der Waals surface area contributed by atoms with Crippen molar-refractivity contribution in [2.24, 2.45) is 0 Å². The molecule has 0 aliphatic carbocycles. The summed E-state index contributed by atoms with van der Waals surface area (Å²) in [5.74, 6) is -0.821. The molecule has 0 radical (unpaired) electrons. The number of rotatable bonds is 24. The topological polar surface area (TPSA) is 108 Å². The van der Waals surface area contributed by atoms with Crippen LogP contribution in [0.15, 0.2) is 0 Å². The molecule has 0 aromatic heterocycles. The summed E-state index contributed by atoms with van der Waals surface area (Å²) in [6.07, 6.45) is 12.1. The van der Waals surface area contributed by atoms with Gasteiger partial charge in [0.05, 0.1) is 27.7 Å². The summed E-state index contributed by atoms with van der Waals surface area (Å²) in [6, 6.07) is 0. The second-order valence-electron chi connectivity index (χ2n) is 10.4. The van der Waals surface area contributed by atoms with Gasteiger partial charge in [-0.2, -0.15) is 0 Å². The molecule has 0 spiro atoms. The summed E-state index contributed by atoms with van der Waals surface area (Å²) in [4.78, 5) is 34.4. The Morgan fingerprint density at radius 2 is 1.25 bits per heavy atom. The van der Waals surface area contributed by atoms with Crippen LogP contribution in [0.4, 0.5) is 0 Å². The average Bonchev–Trinajstić information content (AvgIpc) is 2.79. The van der Waals surface area contributed by atoms with E-state index in [0.29, 0.717) is 17.4 Å². The molecule has 214 valence electrons. The van der Waals surface area contributed by atoms with Crippen LogP contribution in [-0.2, 0) is 32.7 Å². The van der Waals surface area contributed by atoms with E-state index < -0.39 is 26.5 Å². The molecule has 0 bridgehead atoms. The lowest BCUT2D eigenvalue weighted by Gasteiger charge is -2.24. The Bertz CT molecular complexity index is 624. The van der Waals surface area contributed by atoms with Crippen LogP contribution in [0.25, 0.3) is 0 Å². The Balaban J connectivity index is 4.60. The molecule has 0 amide bonds. The Labute approximate surface area is 219 Å². The Kier molecular flexibility index (Phi) is 20.4. The number of hydrogen-bond donors (Lipinski definition) is 1. The summed E-state index contributed by atoms with van der Waals surface area (Å²) in [6.45, 7) is 4.24. The second-order valence-corrected chi connectivity index (χ2v) is 11.9. The number of unbranched alkanes of at least 4 members (excludes halogenated alkanes) is 10. The molecule has 0 aliphatic heterocycles. The molecule has 1 N–H and O–H groups in total. The Morgan fingerprint density at radius 1 is 0.750 bits per heavy atom. The van der Waals surface area contributed by atoms with E-state index in [2.05, 4.69) is 13.8 Å². The van der Waals surface area contributed by atoms with Gasteiger partial charge < -0.3 is 18.9 Å². The van der Waals surface area contributed by atoms with E-state index in [4.69, 9.17) is 18.5 Å². The number of phosphoric ester groups is 1. The largest absolute Gasteiger partial charge is 0.472 e. The molecular formula is C26H53NO8P+. The number of esters is 2. The maximum Gasteiger partial charge on any atom is 0.472 e. The molecule has 1 unspecified atom stereocenters. The fraction of sp³-hybridized carbons (Fsp3) is 0.923. The van der Waals surface area contributed by atoms with Crippen LogP contribution in [0, 0.1) is 0 Å². The maximum atomic E-state index is 12.3. The number of ether oxygens (including phenoxy) is 2. The zero-order chi connectivity index (χ0) is 27.3. The zero-order valence-corrected chi connectivity index (χ0v) is 24.4. The van der Waals surface area contributed by atoms with Crippen LogP contribution in [0.1, 0.15) is 104 Å². The molecule has 9 nitrogen and oxygen atoms in total. The third kappa shape index (κ3) is 23.4. The van der Waals surface area contributed by atoms with Crippen molar-refractivity contribution in [3.63, 3.8) is 0 Å². The first kappa shape index (κ1) is 35.0. The predicted molar refractivity (Wildman–Crippen MR) is 141 cm³/mol. The van der Waals surface area contributed by atoms with Crippen molar-refractivity contribution in [3.8, 4) is 0 Å².